The fourth-order valence-electron chi connectivity index (χ4n) is 0.901. The maximum Gasteiger partial charge on any atom is 0.0618 e. The van der Waals surface area contributed by atoms with Crippen molar-refractivity contribution in [3.05, 3.63) is 12.7 Å². The lowest BCUT2D eigenvalue weighted by Gasteiger charge is -2.20. The molecule has 0 aromatic rings. The minimum absolute atomic E-state index is 0.443. The molecule has 11 heavy (non-hydrogen) atoms. The number of rotatable bonds is 6. The summed E-state index contributed by atoms with van der Waals surface area (Å²) in [7, 11) is 1.73. The van der Waals surface area contributed by atoms with Crippen molar-refractivity contribution in [1.29, 1.82) is 0 Å². The van der Waals surface area contributed by atoms with Crippen LogP contribution in [0.25, 0.3) is 0 Å². The maximum atomic E-state index is 5.07. The second-order valence-corrected chi connectivity index (χ2v) is 3.00. The Bertz CT molecular complexity index is 102. The molecule has 0 bridgehead atoms. The first-order valence-corrected chi connectivity index (χ1v) is 4.05. The summed E-state index contributed by atoms with van der Waals surface area (Å²) in [6.45, 7) is 9.63. The van der Waals surface area contributed by atoms with E-state index in [0.717, 1.165) is 13.2 Å². The molecule has 0 rings (SSSR count). The predicted molar refractivity (Wildman–Crippen MR) is 48.7 cm³/mol. The summed E-state index contributed by atoms with van der Waals surface area (Å²) in [5.74, 6) is 0.606. The number of methoxy groups -OCH3 is 1. The molecule has 1 N–H and O–H groups in total. The Balaban J connectivity index is 3.59. The van der Waals surface area contributed by atoms with E-state index in [1.165, 1.54) is 0 Å². The molecule has 66 valence electrons. The molecule has 0 aliphatic carbocycles. The van der Waals surface area contributed by atoms with Gasteiger partial charge in [-0.05, 0) is 5.92 Å². The van der Waals surface area contributed by atoms with Gasteiger partial charge in [-0.2, -0.15) is 0 Å². The van der Waals surface area contributed by atoms with Crippen LogP contribution in [-0.4, -0.2) is 26.3 Å². The first-order chi connectivity index (χ1) is 5.22. The Labute approximate surface area is 69.6 Å². The minimum Gasteiger partial charge on any atom is -0.383 e. The van der Waals surface area contributed by atoms with E-state index in [1.54, 1.807) is 7.11 Å². The van der Waals surface area contributed by atoms with Gasteiger partial charge >= 0.3 is 0 Å². The van der Waals surface area contributed by atoms with Gasteiger partial charge in [0, 0.05) is 19.7 Å². The van der Waals surface area contributed by atoms with Crippen molar-refractivity contribution >= 4 is 0 Å². The number of nitrogens with one attached hydrogen (secondary N) is 1. The zero-order chi connectivity index (χ0) is 8.69. The highest BCUT2D eigenvalue weighted by atomic mass is 16.5. The highest BCUT2D eigenvalue weighted by Crippen LogP contribution is 2.00. The normalized spacial score (nSPS) is 13.5. The third kappa shape index (κ3) is 4.99. The molecular formula is C9H19NO. The molecule has 0 aliphatic rings. The van der Waals surface area contributed by atoms with E-state index in [0.29, 0.717) is 12.0 Å². The van der Waals surface area contributed by atoms with Gasteiger partial charge < -0.3 is 10.1 Å². The molecule has 0 aromatic carbocycles. The van der Waals surface area contributed by atoms with Gasteiger partial charge in [-0.3, -0.25) is 0 Å². The second kappa shape index (κ2) is 6.38. The van der Waals surface area contributed by atoms with Crippen LogP contribution in [0.15, 0.2) is 12.7 Å². The summed E-state index contributed by atoms with van der Waals surface area (Å²) in [6, 6.07) is 0.443. The third-order valence-electron chi connectivity index (χ3n) is 1.68. The summed E-state index contributed by atoms with van der Waals surface area (Å²) in [4.78, 5) is 0. The van der Waals surface area contributed by atoms with E-state index < -0.39 is 0 Å². The zero-order valence-electron chi connectivity index (χ0n) is 7.76. The smallest absolute Gasteiger partial charge is 0.0618 e. The maximum absolute atomic E-state index is 5.07. The summed E-state index contributed by atoms with van der Waals surface area (Å²) in [5, 5.41) is 3.33. The van der Waals surface area contributed by atoms with Gasteiger partial charge in [0.05, 0.1) is 6.61 Å². The number of hydrogen-bond acceptors (Lipinski definition) is 2. The topological polar surface area (TPSA) is 21.3 Å². The van der Waals surface area contributed by atoms with Gasteiger partial charge in [-0.25, -0.2) is 0 Å². The molecule has 0 fully saturated rings. The van der Waals surface area contributed by atoms with Crippen molar-refractivity contribution < 1.29 is 4.74 Å². The van der Waals surface area contributed by atoms with Crippen LogP contribution < -0.4 is 5.32 Å². The van der Waals surface area contributed by atoms with Gasteiger partial charge in [0.2, 0.25) is 0 Å². The van der Waals surface area contributed by atoms with E-state index >= 15 is 0 Å². The van der Waals surface area contributed by atoms with Crippen molar-refractivity contribution in [2.24, 2.45) is 5.92 Å². The van der Waals surface area contributed by atoms with Crippen LogP contribution in [0.2, 0.25) is 0 Å². The second-order valence-electron chi connectivity index (χ2n) is 3.00. The van der Waals surface area contributed by atoms with E-state index in [2.05, 4.69) is 25.7 Å². The van der Waals surface area contributed by atoms with E-state index in [4.69, 9.17) is 4.74 Å². The molecule has 0 amide bonds. The van der Waals surface area contributed by atoms with Crippen LogP contribution in [0, 0.1) is 5.92 Å². The molecule has 1 unspecified atom stereocenters. The zero-order valence-corrected chi connectivity index (χ0v) is 7.76. The molecule has 0 spiro atoms. The van der Waals surface area contributed by atoms with Crippen LogP contribution in [-0.2, 0) is 4.74 Å². The molecular weight excluding hydrogens is 138 g/mol. The lowest BCUT2D eigenvalue weighted by Crippen LogP contribution is -2.37. The van der Waals surface area contributed by atoms with Gasteiger partial charge in [-0.1, -0.05) is 19.9 Å². The fraction of sp³-hybridized carbons (Fsp3) is 0.778. The monoisotopic (exact) mass is 157 g/mol. The van der Waals surface area contributed by atoms with Crippen LogP contribution in [0.3, 0.4) is 0 Å². The van der Waals surface area contributed by atoms with Gasteiger partial charge in [-0.15, -0.1) is 6.58 Å². The first-order valence-electron chi connectivity index (χ1n) is 4.05. The van der Waals surface area contributed by atoms with Crippen LogP contribution in [0.1, 0.15) is 13.8 Å². The summed E-state index contributed by atoms with van der Waals surface area (Å²) < 4.78 is 5.07. The molecule has 2 nitrogen and oxygen atoms in total. The third-order valence-corrected chi connectivity index (χ3v) is 1.68. The van der Waals surface area contributed by atoms with Crippen molar-refractivity contribution in [1.82, 2.24) is 5.32 Å². The Hall–Kier alpha value is -0.340. The van der Waals surface area contributed by atoms with Crippen LogP contribution in [0.4, 0.5) is 0 Å². The van der Waals surface area contributed by atoms with Crippen molar-refractivity contribution in [3.63, 3.8) is 0 Å². The Morgan fingerprint density at radius 1 is 1.55 bits per heavy atom. The summed E-state index contributed by atoms with van der Waals surface area (Å²) >= 11 is 0. The Kier molecular flexibility index (Phi) is 6.18. The highest BCUT2D eigenvalue weighted by molar-refractivity contribution is 4.76. The van der Waals surface area contributed by atoms with Crippen LogP contribution in [0.5, 0.6) is 0 Å². The average Bonchev–Trinajstić information content (AvgIpc) is 1.97. The van der Waals surface area contributed by atoms with E-state index in [9.17, 15) is 0 Å². The van der Waals surface area contributed by atoms with E-state index in [-0.39, 0.29) is 0 Å². The van der Waals surface area contributed by atoms with Gasteiger partial charge in [0.1, 0.15) is 0 Å². The molecule has 0 saturated carbocycles. The average molecular weight is 157 g/mol. The van der Waals surface area contributed by atoms with Crippen molar-refractivity contribution in [3.8, 4) is 0 Å². The lowest BCUT2D eigenvalue weighted by molar-refractivity contribution is 0.149. The number of hydrogen-bond donors (Lipinski definition) is 1. The number of ether oxygens (including phenoxy) is 1. The quantitative estimate of drug-likeness (QED) is 0.589. The standard InChI is InChI=1S/C9H19NO/c1-5-6-10-9(7-11-4)8(2)3/h5,8-10H,1,6-7H2,2-4H3. The van der Waals surface area contributed by atoms with Gasteiger partial charge in [0.15, 0.2) is 0 Å². The molecule has 0 saturated heterocycles. The fourth-order valence-corrected chi connectivity index (χ4v) is 0.901. The summed E-state index contributed by atoms with van der Waals surface area (Å²) in [6.07, 6.45) is 1.87. The minimum atomic E-state index is 0.443. The van der Waals surface area contributed by atoms with E-state index in [1.807, 2.05) is 6.08 Å². The molecule has 1 atom stereocenters. The largest absolute Gasteiger partial charge is 0.383 e. The highest BCUT2D eigenvalue weighted by Gasteiger charge is 2.10. The SMILES string of the molecule is C=CCNC(COC)C(C)C. The summed E-state index contributed by atoms with van der Waals surface area (Å²) in [5.41, 5.74) is 0. The molecule has 0 aromatic heterocycles. The van der Waals surface area contributed by atoms with Crippen molar-refractivity contribution in [2.75, 3.05) is 20.3 Å². The predicted octanol–water partition coefficient (Wildman–Crippen LogP) is 1.43. The molecule has 2 heteroatoms. The Morgan fingerprint density at radius 3 is 2.55 bits per heavy atom. The van der Waals surface area contributed by atoms with Gasteiger partial charge in [0.25, 0.3) is 0 Å². The molecule has 0 aliphatic heterocycles. The lowest BCUT2D eigenvalue weighted by atomic mass is 10.1. The molecule has 0 heterocycles. The Morgan fingerprint density at radius 2 is 2.18 bits per heavy atom. The van der Waals surface area contributed by atoms with Crippen molar-refractivity contribution in [2.45, 2.75) is 19.9 Å². The first kappa shape index (κ1) is 10.7. The molecule has 0 radical (unpaired) electrons. The van der Waals surface area contributed by atoms with Crippen LogP contribution >= 0.6 is 0 Å².